The molecular weight excluding hydrogens is 640 g/mol. The molecule has 0 saturated carbocycles. The summed E-state index contributed by atoms with van der Waals surface area (Å²) in [5.41, 5.74) is 0.0569. The summed E-state index contributed by atoms with van der Waals surface area (Å²) in [7, 11) is 2.13. The van der Waals surface area contributed by atoms with Gasteiger partial charge in [0, 0.05) is 46.5 Å². The van der Waals surface area contributed by atoms with E-state index >= 15 is 4.39 Å². The number of anilines is 1. The van der Waals surface area contributed by atoms with Gasteiger partial charge in [0.25, 0.3) is 0 Å². The van der Waals surface area contributed by atoms with Gasteiger partial charge in [-0.2, -0.15) is 0 Å². The number of ether oxygens (including phenoxy) is 1. The summed E-state index contributed by atoms with van der Waals surface area (Å²) in [5.74, 6) is 1.54. The number of amides is 1. The highest BCUT2D eigenvalue weighted by Crippen LogP contribution is 2.43. The first-order valence-corrected chi connectivity index (χ1v) is 14.6. The lowest BCUT2D eigenvalue weighted by Gasteiger charge is -2.53. The van der Waals surface area contributed by atoms with Gasteiger partial charge in [-0.15, -0.1) is 0 Å². The molecule has 0 atom stereocenters. The molecule has 3 fully saturated rings. The molecule has 4 heterocycles. The van der Waals surface area contributed by atoms with Gasteiger partial charge >= 0.3 is 6.09 Å². The predicted molar refractivity (Wildman–Crippen MR) is 151 cm³/mol. The van der Waals surface area contributed by atoms with Crippen LogP contribution in [0.3, 0.4) is 0 Å². The fraction of sp³-hybridized carbons (Fsp3) is 0.654. The van der Waals surface area contributed by atoms with E-state index in [0.29, 0.717) is 9.99 Å². The second kappa shape index (κ2) is 9.80. The summed E-state index contributed by atoms with van der Waals surface area (Å²) >= 11 is 5.57. The van der Waals surface area contributed by atoms with Gasteiger partial charge in [-0.3, -0.25) is 0 Å². The van der Waals surface area contributed by atoms with Gasteiger partial charge in [-0.05, 0) is 111 Å². The Hall–Kier alpha value is -1.27. The van der Waals surface area contributed by atoms with Crippen LogP contribution < -0.4 is 4.90 Å². The highest BCUT2D eigenvalue weighted by molar-refractivity contribution is 14.1. The van der Waals surface area contributed by atoms with Crippen LogP contribution in [0.25, 0.3) is 10.9 Å². The average molecular weight is 674 g/mol. The minimum Gasteiger partial charge on any atom is -0.444 e. The maximum Gasteiger partial charge on any atom is 0.410 e. The number of benzene rings is 1. The summed E-state index contributed by atoms with van der Waals surface area (Å²) in [6.45, 7) is 10.8. The van der Waals surface area contributed by atoms with Crippen LogP contribution in [-0.2, 0) is 4.74 Å². The average Bonchev–Trinajstić information content (AvgIpc) is 2.80. The highest BCUT2D eigenvalue weighted by Gasteiger charge is 2.48. The van der Waals surface area contributed by atoms with Crippen LogP contribution in [-0.4, -0.2) is 77.8 Å². The van der Waals surface area contributed by atoms with Gasteiger partial charge in [-0.25, -0.2) is 19.2 Å². The number of halogens is 3. The third-order valence-electron chi connectivity index (χ3n) is 7.74. The molecule has 3 aliphatic rings. The van der Waals surface area contributed by atoms with E-state index in [9.17, 15) is 4.79 Å². The first-order valence-electron chi connectivity index (χ1n) is 12.7. The number of carbonyl (C=O) groups excluding carboxylic acids is 1. The molecule has 0 N–H and O–H groups in total. The van der Waals surface area contributed by atoms with E-state index in [1.54, 1.807) is 0 Å². The van der Waals surface area contributed by atoms with Crippen LogP contribution in [0.4, 0.5) is 15.0 Å². The van der Waals surface area contributed by atoms with Crippen molar-refractivity contribution in [1.29, 1.82) is 0 Å². The lowest BCUT2D eigenvalue weighted by Crippen LogP contribution is -2.62. The lowest BCUT2D eigenvalue weighted by molar-refractivity contribution is -0.0434. The van der Waals surface area contributed by atoms with E-state index in [-0.39, 0.29) is 23.2 Å². The Morgan fingerprint density at radius 2 is 1.81 bits per heavy atom. The number of nitrogens with zero attached hydrogens (tertiary/aromatic N) is 5. The van der Waals surface area contributed by atoms with Crippen LogP contribution in [0.2, 0.25) is 0 Å². The molecule has 3 aliphatic heterocycles. The van der Waals surface area contributed by atoms with Crippen LogP contribution in [0.15, 0.2) is 10.5 Å². The van der Waals surface area contributed by atoms with Crippen molar-refractivity contribution >= 4 is 61.3 Å². The van der Waals surface area contributed by atoms with Crippen molar-refractivity contribution < 1.29 is 13.9 Å². The Labute approximate surface area is 234 Å². The zero-order valence-electron chi connectivity index (χ0n) is 21.4. The molecule has 0 aliphatic carbocycles. The van der Waals surface area contributed by atoms with Gasteiger partial charge < -0.3 is 19.4 Å². The molecular formula is C26H34BrFIN5O2. The first kappa shape index (κ1) is 26.3. The largest absolute Gasteiger partial charge is 0.444 e. The van der Waals surface area contributed by atoms with Crippen LogP contribution in [0.5, 0.6) is 0 Å². The Morgan fingerprint density at radius 1 is 1.17 bits per heavy atom. The molecule has 0 unspecified atom stereocenters. The molecule has 1 amide bonds. The topological polar surface area (TPSA) is 61.8 Å². The highest BCUT2D eigenvalue weighted by atomic mass is 127. The quantitative estimate of drug-likeness (QED) is 0.298. The SMILES string of the molecule is CN1CCC(c2nc(N3CCC4(CC3)CN(C(=O)OC(C)(C)C)C4)c3cc(I)c(Br)c(F)c3n2)CC1. The summed E-state index contributed by atoms with van der Waals surface area (Å²) in [6.07, 6.45) is 3.68. The Bertz CT molecular complexity index is 1170. The van der Waals surface area contributed by atoms with Crippen molar-refractivity contribution in [2.75, 3.05) is 51.2 Å². The predicted octanol–water partition coefficient (Wildman–Crippen LogP) is 5.78. The fourth-order valence-corrected chi connectivity index (χ4v) is 6.44. The second-order valence-corrected chi connectivity index (χ2v) is 13.6. The van der Waals surface area contributed by atoms with Gasteiger partial charge in [-0.1, -0.05) is 0 Å². The number of likely N-dealkylation sites (tertiary alicyclic amines) is 2. The Balaban J connectivity index is 1.38. The molecule has 7 nitrogen and oxygen atoms in total. The maximum atomic E-state index is 15.4. The third kappa shape index (κ3) is 5.18. The summed E-state index contributed by atoms with van der Waals surface area (Å²) in [4.78, 5) is 28.7. The molecule has 2 aromatic rings. The fourth-order valence-electron chi connectivity index (χ4n) is 5.59. The molecule has 1 aromatic heterocycles. The van der Waals surface area contributed by atoms with E-state index in [4.69, 9.17) is 14.7 Å². The van der Waals surface area contributed by atoms with Gasteiger partial charge in [0.1, 0.15) is 22.8 Å². The number of aromatic nitrogens is 2. The standard InChI is InChI=1S/C26H34BrFIN5O2/c1-25(2,3)36-24(35)34-14-26(15-34)7-11-33(12-8-26)23-17-13-18(29)19(27)20(28)21(17)30-22(31-23)16-5-9-32(4)10-6-16/h13,16H,5-12,14-15H2,1-4H3. The molecule has 3 saturated heterocycles. The maximum absolute atomic E-state index is 15.4. The van der Waals surface area contributed by atoms with Crippen LogP contribution in [0.1, 0.15) is 58.2 Å². The number of piperidine rings is 2. The minimum absolute atomic E-state index is 0.135. The molecule has 36 heavy (non-hydrogen) atoms. The van der Waals surface area contributed by atoms with Gasteiger partial charge in [0.15, 0.2) is 5.82 Å². The summed E-state index contributed by atoms with van der Waals surface area (Å²) < 4.78 is 22.2. The van der Waals surface area contributed by atoms with Crippen molar-refractivity contribution in [2.45, 2.75) is 58.0 Å². The molecule has 1 spiro atoms. The Morgan fingerprint density at radius 3 is 2.42 bits per heavy atom. The monoisotopic (exact) mass is 673 g/mol. The summed E-state index contributed by atoms with van der Waals surface area (Å²) in [6, 6.07) is 1.99. The first-order chi connectivity index (χ1) is 16.9. The number of hydrogen-bond donors (Lipinski definition) is 0. The van der Waals surface area contributed by atoms with Crippen molar-refractivity contribution in [3.63, 3.8) is 0 Å². The normalized spacial score (nSPS) is 21.2. The van der Waals surface area contributed by atoms with Crippen LogP contribution >= 0.6 is 38.5 Å². The van der Waals surface area contributed by atoms with Crippen molar-refractivity contribution in [2.24, 2.45) is 5.41 Å². The lowest BCUT2D eigenvalue weighted by atomic mass is 9.72. The summed E-state index contributed by atoms with van der Waals surface area (Å²) in [5, 5.41) is 0.775. The second-order valence-electron chi connectivity index (χ2n) is 11.7. The van der Waals surface area contributed by atoms with Crippen molar-refractivity contribution in [1.82, 2.24) is 19.8 Å². The smallest absolute Gasteiger partial charge is 0.410 e. The molecule has 1 aromatic carbocycles. The molecule has 0 bridgehead atoms. The van der Waals surface area contributed by atoms with E-state index in [1.165, 1.54) is 0 Å². The van der Waals surface area contributed by atoms with Gasteiger partial charge in [0.05, 0.1) is 4.47 Å². The van der Waals surface area contributed by atoms with E-state index in [0.717, 1.165) is 85.6 Å². The van der Waals surface area contributed by atoms with Crippen LogP contribution in [0, 0.1) is 14.8 Å². The van der Waals surface area contributed by atoms with E-state index < -0.39 is 5.60 Å². The number of rotatable bonds is 2. The molecule has 5 rings (SSSR count). The van der Waals surface area contributed by atoms with E-state index in [2.05, 4.69) is 55.4 Å². The number of carbonyl (C=O) groups is 1. The zero-order chi connectivity index (χ0) is 25.8. The molecule has 0 radical (unpaired) electrons. The minimum atomic E-state index is -0.482. The zero-order valence-corrected chi connectivity index (χ0v) is 25.2. The third-order valence-corrected chi connectivity index (χ3v) is 10.1. The van der Waals surface area contributed by atoms with E-state index in [1.807, 2.05) is 31.7 Å². The van der Waals surface area contributed by atoms with Gasteiger partial charge in [0.2, 0.25) is 0 Å². The molecule has 196 valence electrons. The number of fused-ring (bicyclic) bond motifs is 1. The van der Waals surface area contributed by atoms with Crippen molar-refractivity contribution in [3.05, 3.63) is 25.8 Å². The molecule has 10 heteroatoms. The Kier molecular flexibility index (Phi) is 7.17. The van der Waals surface area contributed by atoms with Crippen molar-refractivity contribution in [3.8, 4) is 0 Å². The number of hydrogen-bond acceptors (Lipinski definition) is 6.